The molecule has 0 spiro atoms. The zero-order valence-corrected chi connectivity index (χ0v) is 13.1. The van der Waals surface area contributed by atoms with E-state index in [0.29, 0.717) is 17.7 Å². The van der Waals surface area contributed by atoms with Crippen LogP contribution in [-0.2, 0) is 0 Å². The average molecular weight is 299 g/mol. The molecule has 3 rings (SSSR count). The summed E-state index contributed by atoms with van der Waals surface area (Å²) in [6.07, 6.45) is 0. The average Bonchev–Trinajstić information content (AvgIpc) is 2.96. The molecule has 0 radical (unpaired) electrons. The van der Waals surface area contributed by atoms with Crippen LogP contribution in [0.2, 0.25) is 0 Å². The molecule has 3 aromatic rings. The second-order valence-electron chi connectivity index (χ2n) is 5.07. The number of nitrogens with zero attached hydrogens (tertiary/aromatic N) is 2. The highest BCUT2D eigenvalue weighted by Crippen LogP contribution is 2.31. The lowest BCUT2D eigenvalue weighted by Gasteiger charge is -2.09. The van der Waals surface area contributed by atoms with Crippen LogP contribution in [-0.4, -0.2) is 17.0 Å². The van der Waals surface area contributed by atoms with Crippen molar-refractivity contribution in [2.24, 2.45) is 0 Å². The molecule has 0 saturated carbocycles. The van der Waals surface area contributed by atoms with Crippen LogP contribution in [0.1, 0.15) is 25.3 Å². The van der Waals surface area contributed by atoms with Gasteiger partial charge in [-0.05, 0) is 35.1 Å². The third-order valence-corrected chi connectivity index (χ3v) is 4.08. The molecule has 0 aliphatic rings. The van der Waals surface area contributed by atoms with Crippen molar-refractivity contribution in [1.82, 2.24) is 9.97 Å². The number of hydrogen-bond donors (Lipinski definition) is 1. The number of aromatic nitrogens is 2. The van der Waals surface area contributed by atoms with Crippen LogP contribution >= 0.6 is 11.3 Å². The van der Waals surface area contributed by atoms with Crippen molar-refractivity contribution in [3.63, 3.8) is 0 Å². The van der Waals surface area contributed by atoms with Crippen LogP contribution in [0.5, 0.6) is 11.6 Å². The zero-order valence-electron chi connectivity index (χ0n) is 12.3. The van der Waals surface area contributed by atoms with E-state index in [1.807, 2.05) is 23.6 Å². The summed E-state index contributed by atoms with van der Waals surface area (Å²) in [6.45, 7) is 4.35. The smallest absolute Gasteiger partial charge is 0.232 e. The van der Waals surface area contributed by atoms with E-state index >= 15 is 0 Å². The molecule has 2 aromatic heterocycles. The molecule has 2 heterocycles. The van der Waals surface area contributed by atoms with Crippen molar-refractivity contribution in [3.05, 3.63) is 41.3 Å². The lowest BCUT2D eigenvalue weighted by molar-refractivity contribution is 0.469. The first-order valence-electron chi connectivity index (χ1n) is 6.88. The van der Waals surface area contributed by atoms with Gasteiger partial charge in [-0.15, -0.1) is 11.3 Å². The molecule has 1 N–H and O–H groups in total. The summed E-state index contributed by atoms with van der Waals surface area (Å²) in [5, 5.41) is 5.89. The van der Waals surface area contributed by atoms with Gasteiger partial charge in [-0.3, -0.25) is 0 Å². The van der Waals surface area contributed by atoms with Gasteiger partial charge in [0.05, 0.1) is 5.39 Å². The summed E-state index contributed by atoms with van der Waals surface area (Å²) < 4.78 is 5.94. The maximum Gasteiger partial charge on any atom is 0.232 e. The first-order chi connectivity index (χ1) is 10.2. The van der Waals surface area contributed by atoms with Crippen LogP contribution in [0, 0.1) is 0 Å². The Bertz CT molecular complexity index is 750. The topological polar surface area (TPSA) is 47.0 Å². The summed E-state index contributed by atoms with van der Waals surface area (Å²) in [7, 11) is 1.80. The van der Waals surface area contributed by atoms with Gasteiger partial charge in [-0.2, -0.15) is 4.98 Å². The van der Waals surface area contributed by atoms with Crippen molar-refractivity contribution in [1.29, 1.82) is 0 Å². The van der Waals surface area contributed by atoms with Crippen LogP contribution in [0.3, 0.4) is 0 Å². The molecule has 5 heteroatoms. The maximum atomic E-state index is 5.94. The maximum absolute atomic E-state index is 5.94. The van der Waals surface area contributed by atoms with Crippen LogP contribution < -0.4 is 10.1 Å². The summed E-state index contributed by atoms with van der Waals surface area (Å²) >= 11 is 1.58. The number of rotatable bonds is 4. The third-order valence-electron chi connectivity index (χ3n) is 3.27. The molecule has 0 unspecified atom stereocenters. The first kappa shape index (κ1) is 13.8. The van der Waals surface area contributed by atoms with E-state index in [1.165, 1.54) is 5.56 Å². The molecule has 0 bridgehead atoms. The Hall–Kier alpha value is -2.14. The number of thiophene rings is 1. The normalized spacial score (nSPS) is 11.0. The number of nitrogens with one attached hydrogen (secondary N) is 1. The summed E-state index contributed by atoms with van der Waals surface area (Å²) in [5.74, 6) is 2.45. The minimum Gasteiger partial charge on any atom is -0.438 e. The number of fused-ring (bicyclic) bond motifs is 1. The van der Waals surface area contributed by atoms with Crippen molar-refractivity contribution < 1.29 is 4.74 Å². The molecule has 1 aromatic carbocycles. The van der Waals surface area contributed by atoms with Gasteiger partial charge >= 0.3 is 0 Å². The number of hydrogen-bond acceptors (Lipinski definition) is 5. The summed E-state index contributed by atoms with van der Waals surface area (Å²) in [5.41, 5.74) is 1.29. The minimum absolute atomic E-state index is 0.512. The molecule has 0 saturated heterocycles. The highest BCUT2D eigenvalue weighted by molar-refractivity contribution is 7.16. The Balaban J connectivity index is 1.95. The Morgan fingerprint density at radius 3 is 2.52 bits per heavy atom. The van der Waals surface area contributed by atoms with E-state index in [1.54, 1.807) is 18.4 Å². The number of benzene rings is 1. The zero-order chi connectivity index (χ0) is 14.8. The second kappa shape index (κ2) is 5.69. The fourth-order valence-electron chi connectivity index (χ4n) is 2.05. The van der Waals surface area contributed by atoms with Gasteiger partial charge in [0.2, 0.25) is 11.8 Å². The van der Waals surface area contributed by atoms with E-state index in [2.05, 4.69) is 41.3 Å². The quantitative estimate of drug-likeness (QED) is 0.762. The molecule has 21 heavy (non-hydrogen) atoms. The predicted molar refractivity (Wildman–Crippen MR) is 87.6 cm³/mol. The SMILES string of the molecule is CNc1nc(Oc2ccc(C(C)C)cc2)c2ccsc2n1. The molecule has 0 aliphatic carbocycles. The molecule has 0 amide bonds. The minimum atomic E-state index is 0.512. The highest BCUT2D eigenvalue weighted by Gasteiger charge is 2.10. The van der Waals surface area contributed by atoms with Gasteiger partial charge in [0.1, 0.15) is 10.6 Å². The Morgan fingerprint density at radius 1 is 1.10 bits per heavy atom. The van der Waals surface area contributed by atoms with E-state index in [-0.39, 0.29) is 0 Å². The van der Waals surface area contributed by atoms with E-state index in [9.17, 15) is 0 Å². The second-order valence-corrected chi connectivity index (χ2v) is 5.96. The Labute approximate surface area is 127 Å². The molecular weight excluding hydrogens is 282 g/mol. The molecule has 108 valence electrons. The lowest BCUT2D eigenvalue weighted by atomic mass is 10.0. The monoisotopic (exact) mass is 299 g/mol. The van der Waals surface area contributed by atoms with Crippen molar-refractivity contribution >= 4 is 27.5 Å². The standard InChI is InChI=1S/C16H17N3OS/c1-10(2)11-4-6-12(7-5-11)20-14-13-8-9-21-15(13)19-16(17-3)18-14/h4-10H,1-3H3,(H,17,18,19). The highest BCUT2D eigenvalue weighted by atomic mass is 32.1. The van der Waals surface area contributed by atoms with Crippen molar-refractivity contribution in [2.75, 3.05) is 12.4 Å². The third kappa shape index (κ3) is 2.83. The summed E-state index contributed by atoms with van der Waals surface area (Å²) in [4.78, 5) is 9.74. The summed E-state index contributed by atoms with van der Waals surface area (Å²) in [6, 6.07) is 10.1. The lowest BCUT2D eigenvalue weighted by Crippen LogP contribution is -1.98. The van der Waals surface area contributed by atoms with Gasteiger partial charge in [0.15, 0.2) is 0 Å². The van der Waals surface area contributed by atoms with Crippen molar-refractivity contribution in [2.45, 2.75) is 19.8 Å². The van der Waals surface area contributed by atoms with E-state index < -0.39 is 0 Å². The molecular formula is C16H17N3OS. The Kier molecular flexibility index (Phi) is 3.75. The van der Waals surface area contributed by atoms with Crippen LogP contribution in [0.4, 0.5) is 5.95 Å². The van der Waals surface area contributed by atoms with Crippen LogP contribution in [0.15, 0.2) is 35.7 Å². The molecule has 0 aliphatic heterocycles. The van der Waals surface area contributed by atoms with Gasteiger partial charge in [0, 0.05) is 7.05 Å². The van der Waals surface area contributed by atoms with E-state index in [4.69, 9.17) is 4.74 Å². The van der Waals surface area contributed by atoms with Gasteiger partial charge in [0.25, 0.3) is 0 Å². The first-order valence-corrected chi connectivity index (χ1v) is 7.76. The van der Waals surface area contributed by atoms with E-state index in [0.717, 1.165) is 16.0 Å². The van der Waals surface area contributed by atoms with Gasteiger partial charge in [-0.1, -0.05) is 26.0 Å². The fourth-order valence-corrected chi connectivity index (χ4v) is 2.80. The van der Waals surface area contributed by atoms with Crippen LogP contribution in [0.25, 0.3) is 10.2 Å². The van der Waals surface area contributed by atoms with Gasteiger partial charge < -0.3 is 10.1 Å². The molecule has 0 fully saturated rings. The largest absolute Gasteiger partial charge is 0.438 e. The Morgan fingerprint density at radius 2 is 1.86 bits per heavy atom. The van der Waals surface area contributed by atoms with Gasteiger partial charge in [-0.25, -0.2) is 4.98 Å². The molecule has 0 atom stereocenters. The number of anilines is 1. The number of ether oxygens (including phenoxy) is 1. The fraction of sp³-hybridized carbons (Fsp3) is 0.250. The predicted octanol–water partition coefficient (Wildman–Crippen LogP) is 4.65. The molecule has 4 nitrogen and oxygen atoms in total. The van der Waals surface area contributed by atoms with Crippen molar-refractivity contribution in [3.8, 4) is 11.6 Å².